The first kappa shape index (κ1) is 19.1. The molecule has 2 aliphatic heterocycles. The molecular weight excluding hydrogens is 378 g/mol. The number of benzene rings is 1. The zero-order valence-corrected chi connectivity index (χ0v) is 17.3. The fourth-order valence-corrected chi connectivity index (χ4v) is 5.09. The minimum absolute atomic E-state index is 0.0596. The average Bonchev–Trinajstić information content (AvgIpc) is 2.96. The SMILES string of the molecule is COc1ccc(C2SC(C)=Nc3c2c(=O)[nH]n3C2CCOC(C)(C)C2)cc1O. The standard InChI is InChI=1S/C20H25N3O4S/c1-11-21-18-16(17(28-11)12-5-6-15(26-4)14(24)9-12)19(25)22-23(18)13-7-8-27-20(2,3)10-13/h5-6,9,13,17,24H,7-8,10H2,1-4H3,(H,22,25). The molecule has 2 aliphatic rings. The predicted molar refractivity (Wildman–Crippen MR) is 110 cm³/mol. The van der Waals surface area contributed by atoms with Crippen LogP contribution < -0.4 is 10.3 Å². The lowest BCUT2D eigenvalue weighted by Gasteiger charge is -2.36. The first-order valence-corrected chi connectivity index (χ1v) is 10.2. The molecule has 2 unspecified atom stereocenters. The lowest BCUT2D eigenvalue weighted by Crippen LogP contribution is -2.35. The van der Waals surface area contributed by atoms with E-state index in [0.717, 1.165) is 23.4 Å². The van der Waals surface area contributed by atoms with E-state index in [2.05, 4.69) is 18.9 Å². The molecule has 1 aromatic heterocycles. The number of ether oxygens (including phenoxy) is 2. The van der Waals surface area contributed by atoms with Crippen LogP contribution >= 0.6 is 11.8 Å². The molecule has 8 heteroatoms. The maximum atomic E-state index is 12.9. The monoisotopic (exact) mass is 403 g/mol. The van der Waals surface area contributed by atoms with E-state index in [9.17, 15) is 9.90 Å². The van der Waals surface area contributed by atoms with E-state index in [1.807, 2.05) is 17.7 Å². The smallest absolute Gasteiger partial charge is 0.271 e. The van der Waals surface area contributed by atoms with Crippen LogP contribution in [0.3, 0.4) is 0 Å². The van der Waals surface area contributed by atoms with Gasteiger partial charge in [-0.2, -0.15) is 0 Å². The van der Waals surface area contributed by atoms with Gasteiger partial charge in [-0.05, 0) is 51.3 Å². The van der Waals surface area contributed by atoms with Crippen molar-refractivity contribution in [3.05, 3.63) is 39.7 Å². The Hall–Kier alpha value is -2.19. The summed E-state index contributed by atoms with van der Waals surface area (Å²) in [6, 6.07) is 5.39. The number of thioether (sulfide) groups is 1. The third kappa shape index (κ3) is 3.35. The molecule has 150 valence electrons. The van der Waals surface area contributed by atoms with Gasteiger partial charge in [-0.15, -0.1) is 0 Å². The highest BCUT2D eigenvalue weighted by Crippen LogP contribution is 2.46. The number of aromatic hydroxyl groups is 1. The minimum atomic E-state index is -0.236. The molecule has 2 N–H and O–H groups in total. The molecular formula is C20H25N3O4S. The number of hydrogen-bond donors (Lipinski definition) is 2. The number of aromatic amines is 1. The first-order valence-electron chi connectivity index (χ1n) is 9.36. The van der Waals surface area contributed by atoms with Crippen LogP contribution in [0.2, 0.25) is 0 Å². The summed E-state index contributed by atoms with van der Waals surface area (Å²) in [6.45, 7) is 6.74. The van der Waals surface area contributed by atoms with Crippen LogP contribution in [-0.4, -0.2) is 39.2 Å². The molecule has 2 atom stereocenters. The van der Waals surface area contributed by atoms with Gasteiger partial charge in [-0.1, -0.05) is 17.8 Å². The van der Waals surface area contributed by atoms with Gasteiger partial charge in [0.25, 0.3) is 5.56 Å². The van der Waals surface area contributed by atoms with Gasteiger partial charge < -0.3 is 14.6 Å². The molecule has 0 bridgehead atoms. The van der Waals surface area contributed by atoms with Crippen LogP contribution in [0.25, 0.3) is 0 Å². The number of aromatic nitrogens is 2. The Morgan fingerprint density at radius 2 is 2.21 bits per heavy atom. The predicted octanol–water partition coefficient (Wildman–Crippen LogP) is 3.91. The van der Waals surface area contributed by atoms with Crippen molar-refractivity contribution >= 4 is 22.6 Å². The zero-order chi connectivity index (χ0) is 20.1. The normalized spacial score (nSPS) is 23.8. The van der Waals surface area contributed by atoms with Crippen LogP contribution in [0.4, 0.5) is 5.82 Å². The maximum absolute atomic E-state index is 12.9. The molecule has 0 spiro atoms. The van der Waals surface area contributed by atoms with Crippen molar-refractivity contribution < 1.29 is 14.6 Å². The summed E-state index contributed by atoms with van der Waals surface area (Å²) in [5, 5.41) is 13.9. The van der Waals surface area contributed by atoms with Crippen molar-refractivity contribution in [3.8, 4) is 11.5 Å². The van der Waals surface area contributed by atoms with Gasteiger partial charge in [0.05, 0.1) is 34.6 Å². The molecule has 0 saturated carbocycles. The van der Waals surface area contributed by atoms with Crippen LogP contribution in [0.1, 0.15) is 56.0 Å². The summed E-state index contributed by atoms with van der Waals surface area (Å²) in [4.78, 5) is 17.6. The van der Waals surface area contributed by atoms with E-state index in [0.29, 0.717) is 23.7 Å². The molecule has 0 aliphatic carbocycles. The van der Waals surface area contributed by atoms with E-state index >= 15 is 0 Å². The number of phenolic OH excluding ortho intramolecular Hbond substituents is 1. The first-order chi connectivity index (χ1) is 13.3. The second-order valence-corrected chi connectivity index (χ2v) is 9.16. The molecule has 1 aromatic carbocycles. The van der Waals surface area contributed by atoms with Crippen LogP contribution in [0, 0.1) is 0 Å². The molecule has 3 heterocycles. The number of fused-ring (bicyclic) bond motifs is 1. The molecule has 28 heavy (non-hydrogen) atoms. The summed E-state index contributed by atoms with van der Waals surface area (Å²) in [5.74, 6) is 1.15. The van der Waals surface area contributed by atoms with Crippen LogP contribution in [0.5, 0.6) is 11.5 Å². The van der Waals surface area contributed by atoms with Gasteiger partial charge in [0.1, 0.15) is 0 Å². The summed E-state index contributed by atoms with van der Waals surface area (Å²) in [6.07, 6.45) is 1.63. The van der Waals surface area contributed by atoms with Crippen molar-refractivity contribution in [2.75, 3.05) is 13.7 Å². The Balaban J connectivity index is 1.78. The Bertz CT molecular complexity index is 992. The van der Waals surface area contributed by atoms with Crippen molar-refractivity contribution in [1.82, 2.24) is 9.78 Å². The topological polar surface area (TPSA) is 88.8 Å². The zero-order valence-electron chi connectivity index (χ0n) is 16.5. The van der Waals surface area contributed by atoms with E-state index in [1.165, 1.54) is 18.9 Å². The molecule has 4 rings (SSSR count). The molecule has 1 fully saturated rings. The van der Waals surface area contributed by atoms with E-state index in [4.69, 9.17) is 14.5 Å². The van der Waals surface area contributed by atoms with Gasteiger partial charge in [-0.3, -0.25) is 14.6 Å². The number of phenols is 1. The van der Waals surface area contributed by atoms with Gasteiger partial charge in [0, 0.05) is 6.61 Å². The lowest BCUT2D eigenvalue weighted by atomic mass is 9.94. The second-order valence-electron chi connectivity index (χ2n) is 7.86. The quantitative estimate of drug-likeness (QED) is 0.811. The lowest BCUT2D eigenvalue weighted by molar-refractivity contribution is -0.0705. The maximum Gasteiger partial charge on any atom is 0.271 e. The molecule has 7 nitrogen and oxygen atoms in total. The fraction of sp³-hybridized carbons (Fsp3) is 0.500. The van der Waals surface area contributed by atoms with Gasteiger partial charge >= 0.3 is 0 Å². The Morgan fingerprint density at radius 3 is 2.89 bits per heavy atom. The Kier molecular flexibility index (Phi) is 4.79. The average molecular weight is 404 g/mol. The number of H-pyrrole nitrogens is 1. The Morgan fingerprint density at radius 1 is 1.43 bits per heavy atom. The minimum Gasteiger partial charge on any atom is -0.504 e. The van der Waals surface area contributed by atoms with Gasteiger partial charge in [0.15, 0.2) is 17.3 Å². The highest BCUT2D eigenvalue weighted by molar-refractivity contribution is 8.14. The number of nitrogens with zero attached hydrogens (tertiary/aromatic N) is 2. The van der Waals surface area contributed by atoms with Crippen LogP contribution in [-0.2, 0) is 4.74 Å². The third-order valence-electron chi connectivity index (χ3n) is 5.29. The number of hydrogen-bond acceptors (Lipinski definition) is 6. The van der Waals surface area contributed by atoms with Gasteiger partial charge in [0.2, 0.25) is 0 Å². The Labute approximate surface area is 167 Å². The number of rotatable bonds is 3. The summed E-state index contributed by atoms with van der Waals surface area (Å²) < 4.78 is 12.9. The third-order valence-corrected chi connectivity index (χ3v) is 6.47. The summed E-state index contributed by atoms with van der Waals surface area (Å²) in [5.41, 5.74) is 1.10. The summed E-state index contributed by atoms with van der Waals surface area (Å²) >= 11 is 1.52. The molecule has 0 amide bonds. The number of nitrogens with one attached hydrogen (secondary N) is 1. The van der Waals surface area contributed by atoms with Crippen molar-refractivity contribution in [2.24, 2.45) is 4.99 Å². The van der Waals surface area contributed by atoms with Crippen LogP contribution in [0.15, 0.2) is 28.0 Å². The van der Waals surface area contributed by atoms with Crippen molar-refractivity contribution in [1.29, 1.82) is 0 Å². The fourth-order valence-electron chi connectivity index (χ4n) is 4.00. The van der Waals surface area contributed by atoms with E-state index in [1.54, 1.807) is 12.1 Å². The van der Waals surface area contributed by atoms with Crippen molar-refractivity contribution in [3.63, 3.8) is 0 Å². The second kappa shape index (κ2) is 7.00. The van der Waals surface area contributed by atoms with Gasteiger partial charge in [-0.25, -0.2) is 4.99 Å². The largest absolute Gasteiger partial charge is 0.504 e. The van der Waals surface area contributed by atoms with E-state index < -0.39 is 0 Å². The van der Waals surface area contributed by atoms with E-state index in [-0.39, 0.29) is 28.2 Å². The molecule has 2 aromatic rings. The molecule has 0 radical (unpaired) electrons. The summed E-state index contributed by atoms with van der Waals surface area (Å²) in [7, 11) is 1.51. The van der Waals surface area contributed by atoms with Crippen molar-refractivity contribution in [2.45, 2.75) is 50.5 Å². The highest BCUT2D eigenvalue weighted by atomic mass is 32.2. The molecule has 1 saturated heterocycles. The highest BCUT2D eigenvalue weighted by Gasteiger charge is 2.36. The number of methoxy groups -OCH3 is 1. The number of aliphatic imine (C=N–C) groups is 1.